The molecule has 0 radical (unpaired) electrons. The van der Waals surface area contributed by atoms with Crippen molar-refractivity contribution in [3.05, 3.63) is 24.2 Å². The summed E-state index contributed by atoms with van der Waals surface area (Å²) in [4.78, 5) is 21.8. The third-order valence-corrected chi connectivity index (χ3v) is 1.25. The van der Waals surface area contributed by atoms with E-state index in [-0.39, 0.29) is 17.8 Å². The van der Waals surface area contributed by atoms with Gasteiger partial charge in [0.15, 0.2) is 0 Å². The zero-order valence-electron chi connectivity index (χ0n) is 6.57. The number of rotatable bonds is 0. The molecule has 0 aromatic heterocycles. The van der Waals surface area contributed by atoms with Crippen LogP contribution in [0.5, 0.6) is 0 Å². The fourth-order valence-corrected chi connectivity index (χ4v) is 0.669. The molecule has 0 saturated carbocycles. The van der Waals surface area contributed by atoms with E-state index in [2.05, 4.69) is 16.1 Å². The lowest BCUT2D eigenvalue weighted by Crippen LogP contribution is -2.14. The summed E-state index contributed by atoms with van der Waals surface area (Å²) in [6.07, 6.45) is 0.516. The van der Waals surface area contributed by atoms with Crippen molar-refractivity contribution in [2.75, 3.05) is 0 Å². The minimum atomic E-state index is -0.732. The molecular weight excluding hydrogens is 174 g/mol. The Hall–Kier alpha value is -2.09. The Kier molecular flexibility index (Phi) is 2.45. The Morgan fingerprint density at radius 1 is 1.54 bits per heavy atom. The van der Waals surface area contributed by atoms with Gasteiger partial charge in [-0.3, -0.25) is 4.79 Å². The molecule has 0 spiro atoms. The molecule has 0 unspecified atom stereocenters. The summed E-state index contributed by atoms with van der Waals surface area (Å²) in [5, 5.41) is 8.37. The van der Waals surface area contributed by atoms with Crippen molar-refractivity contribution >= 4 is 11.9 Å². The van der Waals surface area contributed by atoms with Crippen molar-refractivity contribution in [1.82, 2.24) is 0 Å². The van der Waals surface area contributed by atoms with Crippen LogP contribution in [0.4, 0.5) is 0 Å². The third-order valence-electron chi connectivity index (χ3n) is 1.25. The summed E-state index contributed by atoms with van der Waals surface area (Å²) in [5.74, 6) is -1.77. The van der Waals surface area contributed by atoms with Gasteiger partial charge in [-0.15, -0.1) is 0 Å². The van der Waals surface area contributed by atoms with Crippen molar-refractivity contribution in [3.63, 3.8) is 0 Å². The van der Waals surface area contributed by atoms with Crippen molar-refractivity contribution in [2.45, 2.75) is 6.42 Å². The molecule has 0 atom stereocenters. The summed E-state index contributed by atoms with van der Waals surface area (Å²) in [6, 6.07) is 1.55. The van der Waals surface area contributed by atoms with Gasteiger partial charge in [0.1, 0.15) is 12.3 Å². The highest BCUT2D eigenvalue weighted by molar-refractivity contribution is 5.94. The third kappa shape index (κ3) is 2.17. The standard InChI is InChI=1S/C8H5NO4/c1-5-2-7(10)13-6(3-9)4-12-8(5)11/h4H,1-2H2/b6-4-. The van der Waals surface area contributed by atoms with Crippen LogP contribution in [0.25, 0.3) is 0 Å². The normalized spacial score (nSPS) is 21.5. The quantitative estimate of drug-likeness (QED) is 0.397. The molecular formula is C8H5NO4. The summed E-state index contributed by atoms with van der Waals surface area (Å²) >= 11 is 0. The lowest BCUT2D eigenvalue weighted by atomic mass is 10.2. The van der Waals surface area contributed by atoms with E-state index in [1.807, 2.05) is 0 Å². The van der Waals surface area contributed by atoms with E-state index in [1.54, 1.807) is 6.07 Å². The predicted molar refractivity (Wildman–Crippen MR) is 39.6 cm³/mol. The average Bonchev–Trinajstić information content (AvgIpc) is 2.09. The predicted octanol–water partition coefficient (Wildman–Crippen LogP) is 0.398. The van der Waals surface area contributed by atoms with Crippen molar-refractivity contribution < 1.29 is 19.1 Å². The van der Waals surface area contributed by atoms with Crippen LogP contribution in [0.2, 0.25) is 0 Å². The van der Waals surface area contributed by atoms with Crippen LogP contribution < -0.4 is 0 Å². The zero-order valence-corrected chi connectivity index (χ0v) is 6.57. The number of nitriles is 1. The number of esters is 2. The van der Waals surface area contributed by atoms with E-state index >= 15 is 0 Å². The first-order valence-corrected chi connectivity index (χ1v) is 3.33. The number of nitrogens with zero attached hydrogens (tertiary/aromatic N) is 1. The maximum Gasteiger partial charge on any atom is 0.338 e. The maximum atomic E-state index is 10.9. The number of cyclic esters (lactones) is 2. The molecule has 1 rings (SSSR count). The molecule has 0 aromatic carbocycles. The molecule has 1 heterocycles. The molecule has 0 fully saturated rings. The Morgan fingerprint density at radius 2 is 2.23 bits per heavy atom. The molecule has 1 aliphatic heterocycles. The number of hydrogen-bond acceptors (Lipinski definition) is 5. The van der Waals surface area contributed by atoms with Crippen LogP contribution in [0.15, 0.2) is 24.2 Å². The largest absolute Gasteiger partial charge is 0.426 e. The van der Waals surface area contributed by atoms with E-state index in [0.717, 1.165) is 6.26 Å². The summed E-state index contributed by atoms with van der Waals surface area (Å²) in [7, 11) is 0. The minimum Gasteiger partial charge on any atom is -0.426 e. The molecule has 0 N–H and O–H groups in total. The first kappa shape index (κ1) is 9.00. The number of carbonyl (C=O) groups excluding carboxylic acids is 2. The molecule has 0 saturated heterocycles. The zero-order chi connectivity index (χ0) is 9.84. The fourth-order valence-electron chi connectivity index (χ4n) is 0.669. The van der Waals surface area contributed by atoms with Crippen LogP contribution >= 0.6 is 0 Å². The van der Waals surface area contributed by atoms with Gasteiger partial charge >= 0.3 is 11.9 Å². The maximum absolute atomic E-state index is 10.9. The molecule has 13 heavy (non-hydrogen) atoms. The smallest absolute Gasteiger partial charge is 0.338 e. The molecule has 0 amide bonds. The van der Waals surface area contributed by atoms with Gasteiger partial charge in [-0.25, -0.2) is 4.79 Å². The lowest BCUT2D eigenvalue weighted by molar-refractivity contribution is -0.143. The topological polar surface area (TPSA) is 76.4 Å². The average molecular weight is 179 g/mol. The Labute approximate surface area is 73.9 Å². The van der Waals surface area contributed by atoms with E-state index in [0.29, 0.717) is 0 Å². The summed E-state index contributed by atoms with van der Waals surface area (Å²) in [5.41, 5.74) is -0.00163. The van der Waals surface area contributed by atoms with Gasteiger partial charge in [-0.05, 0) is 0 Å². The Balaban J connectivity index is 2.90. The van der Waals surface area contributed by atoms with E-state index < -0.39 is 11.9 Å². The van der Waals surface area contributed by atoms with Gasteiger partial charge in [0.2, 0.25) is 5.76 Å². The van der Waals surface area contributed by atoms with Crippen LogP contribution in [-0.4, -0.2) is 11.9 Å². The first-order chi connectivity index (χ1) is 6.13. The Bertz CT molecular complexity index is 348. The van der Waals surface area contributed by atoms with Gasteiger partial charge in [-0.1, -0.05) is 6.58 Å². The second-order valence-electron chi connectivity index (χ2n) is 2.25. The highest BCUT2D eigenvalue weighted by Crippen LogP contribution is 2.10. The van der Waals surface area contributed by atoms with Gasteiger partial charge in [-0.2, -0.15) is 5.26 Å². The second-order valence-corrected chi connectivity index (χ2v) is 2.25. The van der Waals surface area contributed by atoms with Crippen molar-refractivity contribution in [1.29, 1.82) is 5.26 Å². The molecule has 66 valence electrons. The van der Waals surface area contributed by atoms with Crippen LogP contribution in [0, 0.1) is 11.3 Å². The molecule has 5 nitrogen and oxygen atoms in total. The van der Waals surface area contributed by atoms with E-state index in [1.165, 1.54) is 0 Å². The first-order valence-electron chi connectivity index (χ1n) is 3.33. The number of hydrogen-bond donors (Lipinski definition) is 0. The highest BCUT2D eigenvalue weighted by Gasteiger charge is 2.18. The van der Waals surface area contributed by atoms with E-state index in [9.17, 15) is 9.59 Å². The van der Waals surface area contributed by atoms with Crippen molar-refractivity contribution in [2.24, 2.45) is 0 Å². The number of allylic oxidation sites excluding steroid dienone is 1. The Morgan fingerprint density at radius 3 is 2.85 bits per heavy atom. The SMILES string of the molecule is C=C1CC(=O)O/C(C#N)=C\OC1=O. The van der Waals surface area contributed by atoms with Gasteiger partial charge < -0.3 is 9.47 Å². The van der Waals surface area contributed by atoms with E-state index in [4.69, 9.17) is 5.26 Å². The number of carbonyl (C=O) groups is 2. The van der Waals surface area contributed by atoms with Crippen LogP contribution in [-0.2, 0) is 19.1 Å². The molecule has 1 aliphatic rings. The molecule has 0 bridgehead atoms. The van der Waals surface area contributed by atoms with Gasteiger partial charge in [0, 0.05) is 5.57 Å². The monoisotopic (exact) mass is 179 g/mol. The minimum absolute atomic E-state index is 0.00163. The van der Waals surface area contributed by atoms with Gasteiger partial charge in [0.25, 0.3) is 0 Å². The number of ether oxygens (including phenoxy) is 2. The highest BCUT2D eigenvalue weighted by atomic mass is 16.6. The van der Waals surface area contributed by atoms with Crippen LogP contribution in [0.3, 0.4) is 0 Å². The molecule has 0 aliphatic carbocycles. The lowest BCUT2D eigenvalue weighted by Gasteiger charge is -2.07. The molecule has 5 heteroatoms. The van der Waals surface area contributed by atoms with Crippen molar-refractivity contribution in [3.8, 4) is 6.07 Å². The molecule has 0 aromatic rings. The fraction of sp³-hybridized carbons (Fsp3) is 0.125. The van der Waals surface area contributed by atoms with Crippen LogP contribution in [0.1, 0.15) is 6.42 Å². The second kappa shape index (κ2) is 3.54. The summed E-state index contributed by atoms with van der Waals surface area (Å²) in [6.45, 7) is 3.31. The summed E-state index contributed by atoms with van der Waals surface area (Å²) < 4.78 is 8.93. The van der Waals surface area contributed by atoms with Gasteiger partial charge in [0.05, 0.1) is 6.42 Å².